The minimum Gasteiger partial charge on any atom is -0.465 e. The van der Waals surface area contributed by atoms with E-state index in [0.29, 0.717) is 5.56 Å². The van der Waals surface area contributed by atoms with Crippen molar-refractivity contribution in [2.75, 3.05) is 7.11 Å². The first-order chi connectivity index (χ1) is 8.29. The Morgan fingerprint density at radius 2 is 2.00 bits per heavy atom. The molecule has 0 saturated carbocycles. The average Bonchev–Trinajstić information content (AvgIpc) is 2.75. The number of carbonyl (C=O) groups excluding carboxylic acids is 1. The van der Waals surface area contributed by atoms with Crippen molar-refractivity contribution in [2.45, 2.75) is 6.42 Å². The maximum Gasteiger partial charge on any atom is 0.338 e. The molecule has 0 bridgehead atoms. The molecule has 0 unspecified atom stereocenters. The minimum absolute atomic E-state index is 0.330. The fourth-order valence-corrected chi connectivity index (χ4v) is 2.29. The van der Waals surface area contributed by atoms with Crippen LogP contribution in [0.2, 0.25) is 0 Å². The summed E-state index contributed by atoms with van der Waals surface area (Å²) in [7, 11) is 1.39. The Hall–Kier alpha value is -2.09. The lowest BCUT2D eigenvalue weighted by Crippen LogP contribution is -2.01. The van der Waals surface area contributed by atoms with E-state index in [2.05, 4.69) is 18.2 Å². The number of hydrogen-bond donors (Lipinski definition) is 0. The van der Waals surface area contributed by atoms with Gasteiger partial charge in [-0.2, -0.15) is 0 Å². The van der Waals surface area contributed by atoms with E-state index in [9.17, 15) is 4.79 Å². The summed E-state index contributed by atoms with van der Waals surface area (Å²) in [5.41, 5.74) is 5.29. The van der Waals surface area contributed by atoms with Gasteiger partial charge in [0.05, 0.1) is 12.7 Å². The molecule has 0 spiro atoms. The molecule has 2 aromatic carbocycles. The molecule has 0 amide bonds. The number of benzene rings is 2. The first-order valence-electron chi connectivity index (χ1n) is 5.51. The quantitative estimate of drug-likeness (QED) is 0.593. The van der Waals surface area contributed by atoms with Crippen LogP contribution in [0.25, 0.3) is 11.1 Å². The molecule has 0 atom stereocenters. The van der Waals surface area contributed by atoms with E-state index in [0.717, 1.165) is 12.0 Å². The molecular formula is C15H11O2. The van der Waals surface area contributed by atoms with E-state index in [1.807, 2.05) is 18.2 Å². The van der Waals surface area contributed by atoms with E-state index in [1.165, 1.54) is 23.8 Å². The van der Waals surface area contributed by atoms with Crippen LogP contribution in [0.3, 0.4) is 0 Å². The van der Waals surface area contributed by atoms with Crippen LogP contribution in [0, 0.1) is 6.07 Å². The summed E-state index contributed by atoms with van der Waals surface area (Å²) in [6.07, 6.45) is 0.844. The van der Waals surface area contributed by atoms with Crippen LogP contribution < -0.4 is 0 Å². The highest BCUT2D eigenvalue weighted by atomic mass is 16.5. The van der Waals surface area contributed by atoms with Crippen LogP contribution in [0.5, 0.6) is 0 Å². The predicted octanol–water partition coefficient (Wildman–Crippen LogP) is 2.84. The van der Waals surface area contributed by atoms with Gasteiger partial charge >= 0.3 is 5.97 Å². The van der Waals surface area contributed by atoms with Crippen molar-refractivity contribution in [3.8, 4) is 11.1 Å². The van der Waals surface area contributed by atoms with Crippen LogP contribution in [0.15, 0.2) is 36.4 Å². The third-order valence-electron chi connectivity index (χ3n) is 3.11. The second kappa shape index (κ2) is 3.74. The zero-order valence-electron chi connectivity index (χ0n) is 9.49. The third kappa shape index (κ3) is 1.53. The molecule has 3 rings (SSSR count). The van der Waals surface area contributed by atoms with Gasteiger partial charge in [-0.15, -0.1) is 0 Å². The molecule has 0 heterocycles. The fraction of sp³-hybridized carbons (Fsp3) is 0.133. The largest absolute Gasteiger partial charge is 0.465 e. The lowest BCUT2D eigenvalue weighted by Gasteiger charge is -2.02. The van der Waals surface area contributed by atoms with Crippen molar-refractivity contribution in [1.82, 2.24) is 0 Å². The van der Waals surface area contributed by atoms with Crippen molar-refractivity contribution in [2.24, 2.45) is 0 Å². The molecule has 83 valence electrons. The van der Waals surface area contributed by atoms with Crippen LogP contribution in [0.4, 0.5) is 0 Å². The predicted molar refractivity (Wildman–Crippen MR) is 64.9 cm³/mol. The zero-order chi connectivity index (χ0) is 11.8. The van der Waals surface area contributed by atoms with Crippen molar-refractivity contribution >= 4 is 5.97 Å². The molecule has 1 aliphatic rings. The van der Waals surface area contributed by atoms with E-state index in [-0.39, 0.29) is 5.97 Å². The third-order valence-corrected chi connectivity index (χ3v) is 3.11. The van der Waals surface area contributed by atoms with Crippen molar-refractivity contribution in [3.63, 3.8) is 0 Å². The molecule has 0 N–H and O–H groups in total. The van der Waals surface area contributed by atoms with Gasteiger partial charge in [0.15, 0.2) is 0 Å². The second-order valence-electron chi connectivity index (χ2n) is 4.09. The summed E-state index contributed by atoms with van der Waals surface area (Å²) in [5, 5.41) is 0. The smallest absolute Gasteiger partial charge is 0.338 e. The lowest BCUT2D eigenvalue weighted by molar-refractivity contribution is 0.0600. The molecule has 1 radical (unpaired) electrons. The summed E-state index contributed by atoms with van der Waals surface area (Å²) in [6.45, 7) is 0. The molecule has 0 aromatic heterocycles. The Morgan fingerprint density at radius 3 is 2.82 bits per heavy atom. The van der Waals surface area contributed by atoms with Gasteiger partial charge in [0.25, 0.3) is 0 Å². The summed E-state index contributed by atoms with van der Waals surface area (Å²) in [5.74, 6) is -0.330. The average molecular weight is 223 g/mol. The summed E-state index contributed by atoms with van der Waals surface area (Å²) < 4.78 is 4.70. The van der Waals surface area contributed by atoms with Crippen molar-refractivity contribution in [1.29, 1.82) is 0 Å². The standard InChI is InChI=1S/C15H11O2/c1-17-15(16)11-6-7-14-12(9-11)8-10-4-2-3-5-13(10)14/h2-7H,8H2,1H3. The molecule has 0 fully saturated rings. The number of rotatable bonds is 1. The maximum absolute atomic E-state index is 11.4. The monoisotopic (exact) mass is 223 g/mol. The molecule has 17 heavy (non-hydrogen) atoms. The highest BCUT2D eigenvalue weighted by molar-refractivity contribution is 5.91. The first kappa shape index (κ1) is 10.1. The van der Waals surface area contributed by atoms with Gasteiger partial charge in [-0.1, -0.05) is 30.3 Å². The van der Waals surface area contributed by atoms with Gasteiger partial charge in [0, 0.05) is 6.07 Å². The van der Waals surface area contributed by atoms with Gasteiger partial charge in [-0.3, -0.25) is 0 Å². The zero-order valence-corrected chi connectivity index (χ0v) is 9.49. The molecule has 2 nitrogen and oxygen atoms in total. The lowest BCUT2D eigenvalue weighted by atomic mass is 10.0. The molecule has 2 heteroatoms. The van der Waals surface area contributed by atoms with Crippen LogP contribution >= 0.6 is 0 Å². The summed E-state index contributed by atoms with van der Waals surface area (Å²) in [6, 6.07) is 15.2. The molecule has 0 aliphatic heterocycles. The van der Waals surface area contributed by atoms with Crippen molar-refractivity contribution < 1.29 is 9.53 Å². The number of fused-ring (bicyclic) bond motifs is 3. The van der Waals surface area contributed by atoms with Gasteiger partial charge < -0.3 is 4.74 Å². The molecule has 2 aromatic rings. The summed E-state index contributed by atoms with van der Waals surface area (Å²) >= 11 is 0. The van der Waals surface area contributed by atoms with E-state index < -0.39 is 0 Å². The number of ether oxygens (including phenoxy) is 1. The van der Waals surface area contributed by atoms with E-state index in [4.69, 9.17) is 4.74 Å². The topological polar surface area (TPSA) is 26.3 Å². The Balaban J connectivity index is 2.10. The number of esters is 1. The highest BCUT2D eigenvalue weighted by Crippen LogP contribution is 2.36. The fourth-order valence-electron chi connectivity index (χ4n) is 2.29. The van der Waals surface area contributed by atoms with Crippen LogP contribution in [-0.2, 0) is 11.2 Å². The molecular weight excluding hydrogens is 212 g/mol. The minimum atomic E-state index is -0.330. The van der Waals surface area contributed by atoms with Crippen LogP contribution in [0.1, 0.15) is 21.5 Å². The number of methoxy groups -OCH3 is 1. The Bertz CT molecular complexity index is 600. The van der Waals surface area contributed by atoms with E-state index >= 15 is 0 Å². The first-order valence-corrected chi connectivity index (χ1v) is 5.51. The van der Waals surface area contributed by atoms with Gasteiger partial charge in [-0.05, 0) is 34.7 Å². The Morgan fingerprint density at radius 1 is 1.18 bits per heavy atom. The second-order valence-corrected chi connectivity index (χ2v) is 4.09. The molecule has 0 saturated heterocycles. The SMILES string of the molecule is COC(=O)c1[c]c2c(cc1)-c1ccccc1C2. The maximum atomic E-state index is 11.4. The van der Waals surface area contributed by atoms with E-state index in [1.54, 1.807) is 6.07 Å². The highest BCUT2D eigenvalue weighted by Gasteiger charge is 2.19. The molecule has 1 aliphatic carbocycles. The van der Waals surface area contributed by atoms with Crippen molar-refractivity contribution in [3.05, 3.63) is 59.2 Å². The van der Waals surface area contributed by atoms with Gasteiger partial charge in [-0.25, -0.2) is 4.79 Å². The van der Waals surface area contributed by atoms with Gasteiger partial charge in [0.1, 0.15) is 0 Å². The number of hydrogen-bond acceptors (Lipinski definition) is 2. The summed E-state index contributed by atoms with van der Waals surface area (Å²) in [4.78, 5) is 11.4. The number of carbonyl (C=O) groups is 1. The normalized spacial score (nSPS) is 11.8. The Labute approximate surface area is 99.9 Å². The van der Waals surface area contributed by atoms with Gasteiger partial charge in [0.2, 0.25) is 0 Å². The van der Waals surface area contributed by atoms with Crippen LogP contribution in [-0.4, -0.2) is 13.1 Å². The Kier molecular flexibility index (Phi) is 2.22.